The van der Waals surface area contributed by atoms with Crippen LogP contribution in [-0.2, 0) is 11.3 Å². The van der Waals surface area contributed by atoms with Crippen molar-refractivity contribution in [2.24, 2.45) is 5.92 Å². The number of carboxylic acids is 1. The zero-order valence-corrected chi connectivity index (χ0v) is 11.9. The third kappa shape index (κ3) is 3.30. The van der Waals surface area contributed by atoms with Gasteiger partial charge in [0.2, 0.25) is 5.91 Å². The highest BCUT2D eigenvalue weighted by Gasteiger charge is 2.28. The maximum atomic E-state index is 12.5. The Hall–Kier alpha value is -2.70. The zero-order chi connectivity index (χ0) is 15.5. The number of nitrogens with zero attached hydrogens (tertiary/aromatic N) is 4. The van der Waals surface area contributed by atoms with Crippen molar-refractivity contribution in [1.82, 2.24) is 15.0 Å². The molecule has 1 heterocycles. The first kappa shape index (κ1) is 14.2. The SMILES string of the molecule is O=C(O)c1cn(CC(=O)N(CC2CC2)c2ccccc2)nn1. The molecule has 3 rings (SSSR count). The van der Waals surface area contributed by atoms with Crippen molar-refractivity contribution in [1.29, 1.82) is 0 Å². The summed E-state index contributed by atoms with van der Waals surface area (Å²) in [5.74, 6) is -0.731. The zero-order valence-electron chi connectivity index (χ0n) is 11.9. The Morgan fingerprint density at radius 3 is 2.59 bits per heavy atom. The highest BCUT2D eigenvalue weighted by atomic mass is 16.4. The molecule has 1 aromatic heterocycles. The molecule has 0 saturated heterocycles. The number of aromatic carboxylic acids is 1. The number of carbonyl (C=O) groups is 2. The van der Waals surface area contributed by atoms with Crippen molar-refractivity contribution in [3.63, 3.8) is 0 Å². The third-order valence-corrected chi connectivity index (χ3v) is 3.56. The van der Waals surface area contributed by atoms with Crippen LogP contribution in [0.1, 0.15) is 23.3 Å². The van der Waals surface area contributed by atoms with Gasteiger partial charge in [-0.3, -0.25) is 4.79 Å². The lowest BCUT2D eigenvalue weighted by Crippen LogP contribution is -2.35. The fourth-order valence-electron chi connectivity index (χ4n) is 2.22. The molecule has 1 amide bonds. The average Bonchev–Trinajstić information content (AvgIpc) is 3.22. The Labute approximate surface area is 127 Å². The quantitative estimate of drug-likeness (QED) is 0.871. The lowest BCUT2D eigenvalue weighted by molar-refractivity contribution is -0.119. The molecule has 7 nitrogen and oxygen atoms in total. The van der Waals surface area contributed by atoms with Gasteiger partial charge in [0.1, 0.15) is 6.54 Å². The van der Waals surface area contributed by atoms with E-state index in [-0.39, 0.29) is 18.1 Å². The van der Waals surface area contributed by atoms with Crippen LogP contribution in [0.3, 0.4) is 0 Å². The average molecular weight is 300 g/mol. The first-order chi connectivity index (χ1) is 10.6. The molecule has 1 aromatic carbocycles. The van der Waals surface area contributed by atoms with E-state index in [1.807, 2.05) is 30.3 Å². The van der Waals surface area contributed by atoms with Crippen molar-refractivity contribution >= 4 is 17.6 Å². The summed E-state index contributed by atoms with van der Waals surface area (Å²) in [6.07, 6.45) is 3.55. The van der Waals surface area contributed by atoms with E-state index in [1.165, 1.54) is 10.9 Å². The minimum absolute atomic E-state index is 0.0259. The van der Waals surface area contributed by atoms with E-state index >= 15 is 0 Å². The predicted molar refractivity (Wildman–Crippen MR) is 78.5 cm³/mol. The molecule has 0 spiro atoms. The van der Waals surface area contributed by atoms with E-state index < -0.39 is 5.97 Å². The lowest BCUT2D eigenvalue weighted by Gasteiger charge is -2.22. The lowest BCUT2D eigenvalue weighted by atomic mass is 10.2. The summed E-state index contributed by atoms with van der Waals surface area (Å²) in [7, 11) is 0. The molecule has 2 aromatic rings. The van der Waals surface area contributed by atoms with Crippen LogP contribution in [0.25, 0.3) is 0 Å². The van der Waals surface area contributed by atoms with Crippen molar-refractivity contribution in [2.75, 3.05) is 11.4 Å². The van der Waals surface area contributed by atoms with Gasteiger partial charge in [0.25, 0.3) is 0 Å². The van der Waals surface area contributed by atoms with Gasteiger partial charge in [0.05, 0.1) is 6.20 Å². The largest absolute Gasteiger partial charge is 0.476 e. The molecule has 0 unspecified atom stereocenters. The Morgan fingerprint density at radius 2 is 2.00 bits per heavy atom. The predicted octanol–water partition coefficient (Wildman–Crippen LogP) is 1.42. The summed E-state index contributed by atoms with van der Waals surface area (Å²) in [4.78, 5) is 25.1. The van der Waals surface area contributed by atoms with Gasteiger partial charge in [-0.05, 0) is 30.9 Å². The highest BCUT2D eigenvalue weighted by molar-refractivity contribution is 5.93. The fraction of sp³-hybridized carbons (Fsp3) is 0.333. The van der Waals surface area contributed by atoms with Crippen LogP contribution in [0.4, 0.5) is 5.69 Å². The number of anilines is 1. The Bertz CT molecular complexity index is 679. The molecule has 22 heavy (non-hydrogen) atoms. The number of aromatic nitrogens is 3. The molecule has 0 atom stereocenters. The molecule has 114 valence electrons. The van der Waals surface area contributed by atoms with Gasteiger partial charge < -0.3 is 10.0 Å². The van der Waals surface area contributed by atoms with Crippen LogP contribution >= 0.6 is 0 Å². The van der Waals surface area contributed by atoms with Crippen LogP contribution in [0, 0.1) is 5.92 Å². The standard InChI is InChI=1S/C15H16N4O3/c20-14(10-18-9-13(15(21)22)16-17-18)19(8-11-6-7-11)12-4-2-1-3-5-12/h1-5,9,11H,6-8,10H2,(H,21,22). The Morgan fingerprint density at radius 1 is 1.27 bits per heavy atom. The van der Waals surface area contributed by atoms with Crippen molar-refractivity contribution in [3.05, 3.63) is 42.2 Å². The van der Waals surface area contributed by atoms with Gasteiger partial charge in [-0.15, -0.1) is 5.10 Å². The molecule has 0 bridgehead atoms. The molecule has 1 aliphatic carbocycles. The van der Waals surface area contributed by atoms with E-state index in [4.69, 9.17) is 5.11 Å². The first-order valence-corrected chi connectivity index (χ1v) is 7.12. The van der Waals surface area contributed by atoms with Gasteiger partial charge in [-0.1, -0.05) is 23.4 Å². The fourth-order valence-corrected chi connectivity index (χ4v) is 2.22. The van der Waals surface area contributed by atoms with Crippen LogP contribution < -0.4 is 4.90 Å². The summed E-state index contributed by atoms with van der Waals surface area (Å²) in [5.41, 5.74) is 0.680. The number of amides is 1. The van der Waals surface area contributed by atoms with Gasteiger partial charge >= 0.3 is 5.97 Å². The molecule has 0 aliphatic heterocycles. The minimum atomic E-state index is -1.16. The summed E-state index contributed by atoms with van der Waals surface area (Å²) < 4.78 is 1.26. The second kappa shape index (κ2) is 5.97. The molecule has 7 heteroatoms. The number of carboxylic acid groups (broad SMARTS) is 1. The maximum Gasteiger partial charge on any atom is 0.358 e. The van der Waals surface area contributed by atoms with E-state index in [9.17, 15) is 9.59 Å². The molecule has 1 N–H and O–H groups in total. The molecule has 1 fully saturated rings. The highest BCUT2D eigenvalue weighted by Crippen LogP contribution is 2.31. The molecular formula is C15H16N4O3. The smallest absolute Gasteiger partial charge is 0.358 e. The number of carbonyl (C=O) groups excluding carboxylic acids is 1. The van der Waals surface area contributed by atoms with Gasteiger partial charge in [0.15, 0.2) is 5.69 Å². The summed E-state index contributed by atoms with van der Waals surface area (Å²) in [6, 6.07) is 9.47. The molecular weight excluding hydrogens is 284 g/mol. The van der Waals surface area contributed by atoms with Crippen molar-refractivity contribution < 1.29 is 14.7 Å². The Balaban J connectivity index is 1.75. The second-order valence-corrected chi connectivity index (χ2v) is 5.39. The molecule has 0 radical (unpaired) electrons. The maximum absolute atomic E-state index is 12.5. The number of para-hydroxylation sites is 1. The van der Waals surface area contributed by atoms with Crippen LogP contribution in [0.15, 0.2) is 36.5 Å². The van der Waals surface area contributed by atoms with E-state index in [0.29, 0.717) is 12.5 Å². The van der Waals surface area contributed by atoms with E-state index in [1.54, 1.807) is 4.90 Å². The molecule has 1 aliphatic rings. The van der Waals surface area contributed by atoms with Crippen LogP contribution in [0.2, 0.25) is 0 Å². The van der Waals surface area contributed by atoms with Gasteiger partial charge in [-0.2, -0.15) is 0 Å². The molecule has 1 saturated carbocycles. The van der Waals surface area contributed by atoms with E-state index in [2.05, 4.69) is 10.3 Å². The topological polar surface area (TPSA) is 88.3 Å². The summed E-state index contributed by atoms with van der Waals surface area (Å²) in [6.45, 7) is 0.658. The third-order valence-electron chi connectivity index (χ3n) is 3.56. The van der Waals surface area contributed by atoms with Crippen LogP contribution in [-0.4, -0.2) is 38.5 Å². The van der Waals surface area contributed by atoms with Crippen molar-refractivity contribution in [3.8, 4) is 0 Å². The number of benzene rings is 1. The number of rotatable bonds is 6. The normalized spacial score (nSPS) is 13.8. The monoisotopic (exact) mass is 300 g/mol. The number of hydrogen-bond acceptors (Lipinski definition) is 4. The summed E-state index contributed by atoms with van der Waals surface area (Å²) >= 11 is 0. The number of hydrogen-bond donors (Lipinski definition) is 1. The van der Waals surface area contributed by atoms with E-state index in [0.717, 1.165) is 18.5 Å². The first-order valence-electron chi connectivity index (χ1n) is 7.12. The second-order valence-electron chi connectivity index (χ2n) is 5.39. The summed E-state index contributed by atoms with van der Waals surface area (Å²) in [5, 5.41) is 16.0. The van der Waals surface area contributed by atoms with Crippen molar-refractivity contribution in [2.45, 2.75) is 19.4 Å². The Kier molecular flexibility index (Phi) is 3.86. The minimum Gasteiger partial charge on any atom is -0.476 e. The van der Waals surface area contributed by atoms with Crippen LogP contribution in [0.5, 0.6) is 0 Å². The van der Waals surface area contributed by atoms with Gasteiger partial charge in [0, 0.05) is 12.2 Å². The van der Waals surface area contributed by atoms with Gasteiger partial charge in [-0.25, -0.2) is 9.48 Å².